The molecule has 0 aliphatic heterocycles. The zero-order chi connectivity index (χ0) is 11.7. The second kappa shape index (κ2) is 3.95. The summed E-state index contributed by atoms with van der Waals surface area (Å²) >= 11 is 1.28. The summed E-state index contributed by atoms with van der Waals surface area (Å²) in [6.45, 7) is 4.05. The van der Waals surface area contributed by atoms with Crippen molar-refractivity contribution in [1.29, 1.82) is 5.26 Å². The van der Waals surface area contributed by atoms with Gasteiger partial charge in [0.2, 0.25) is 0 Å². The Labute approximate surface area is 98.3 Å². The highest BCUT2D eigenvalue weighted by molar-refractivity contribution is 7.10. The van der Waals surface area contributed by atoms with Crippen LogP contribution in [0.25, 0.3) is 10.4 Å². The fourth-order valence-electron chi connectivity index (χ4n) is 1.75. The van der Waals surface area contributed by atoms with Gasteiger partial charge in [-0.05, 0) is 36.5 Å². The van der Waals surface area contributed by atoms with E-state index in [9.17, 15) is 0 Å². The number of anilines is 1. The standard InChI is InChI=1S/C12H11N3S/c1-7-4-3-5-8(2)10(7)11-9(6-13)12(14)15-16-11/h3-5H,1-2H3,(H2,14,15). The summed E-state index contributed by atoms with van der Waals surface area (Å²) < 4.78 is 4.04. The molecule has 3 nitrogen and oxygen atoms in total. The number of rotatable bonds is 1. The molecule has 4 heteroatoms. The van der Waals surface area contributed by atoms with Crippen LogP contribution in [0.5, 0.6) is 0 Å². The van der Waals surface area contributed by atoms with E-state index in [2.05, 4.69) is 10.4 Å². The number of benzene rings is 1. The van der Waals surface area contributed by atoms with Gasteiger partial charge in [-0.15, -0.1) is 0 Å². The third-order valence-electron chi connectivity index (χ3n) is 2.54. The molecule has 80 valence electrons. The predicted molar refractivity (Wildman–Crippen MR) is 66.2 cm³/mol. The van der Waals surface area contributed by atoms with Crippen molar-refractivity contribution in [3.63, 3.8) is 0 Å². The van der Waals surface area contributed by atoms with Crippen molar-refractivity contribution in [2.24, 2.45) is 0 Å². The molecule has 2 aromatic rings. The molecule has 0 saturated heterocycles. The highest BCUT2D eigenvalue weighted by atomic mass is 32.1. The smallest absolute Gasteiger partial charge is 0.155 e. The molecule has 0 spiro atoms. The molecule has 2 N–H and O–H groups in total. The molecular weight excluding hydrogens is 218 g/mol. The van der Waals surface area contributed by atoms with Crippen LogP contribution in [0.1, 0.15) is 16.7 Å². The van der Waals surface area contributed by atoms with Crippen LogP contribution >= 0.6 is 11.5 Å². The van der Waals surface area contributed by atoms with Gasteiger partial charge in [-0.1, -0.05) is 18.2 Å². The summed E-state index contributed by atoms with van der Waals surface area (Å²) in [5.74, 6) is 0.324. The normalized spacial score (nSPS) is 10.1. The zero-order valence-corrected chi connectivity index (χ0v) is 9.93. The van der Waals surface area contributed by atoms with E-state index in [0.717, 1.165) is 21.6 Å². The van der Waals surface area contributed by atoms with Crippen LogP contribution in [-0.2, 0) is 0 Å². The summed E-state index contributed by atoms with van der Waals surface area (Å²) in [7, 11) is 0. The number of nitrogens with two attached hydrogens (primary N) is 1. The molecule has 2 rings (SSSR count). The van der Waals surface area contributed by atoms with Crippen molar-refractivity contribution in [2.75, 3.05) is 5.73 Å². The Bertz CT molecular complexity index is 558. The maximum Gasteiger partial charge on any atom is 0.155 e. The van der Waals surface area contributed by atoms with Crippen LogP contribution in [-0.4, -0.2) is 4.37 Å². The minimum atomic E-state index is 0.324. The minimum Gasteiger partial charge on any atom is -0.382 e. The quantitative estimate of drug-likeness (QED) is 0.817. The third-order valence-corrected chi connectivity index (χ3v) is 3.42. The Morgan fingerprint density at radius 2 is 1.94 bits per heavy atom. The lowest BCUT2D eigenvalue weighted by atomic mass is 9.99. The second-order valence-electron chi connectivity index (χ2n) is 3.65. The summed E-state index contributed by atoms with van der Waals surface area (Å²) in [5.41, 5.74) is 9.51. The van der Waals surface area contributed by atoms with Gasteiger partial charge in [0.1, 0.15) is 11.6 Å². The first-order valence-corrected chi connectivity index (χ1v) is 5.64. The Hall–Kier alpha value is -1.86. The highest BCUT2D eigenvalue weighted by Crippen LogP contribution is 2.35. The van der Waals surface area contributed by atoms with Crippen molar-refractivity contribution >= 4 is 17.4 Å². The molecule has 1 aromatic heterocycles. The number of aryl methyl sites for hydroxylation is 2. The first kappa shape index (κ1) is 10.7. The Balaban J connectivity index is 2.74. The number of nitrogens with zero attached hydrogens (tertiary/aromatic N) is 2. The van der Waals surface area contributed by atoms with Gasteiger partial charge in [0.25, 0.3) is 0 Å². The van der Waals surface area contributed by atoms with Crippen LogP contribution in [0.15, 0.2) is 18.2 Å². The average Bonchev–Trinajstić information content (AvgIpc) is 2.59. The minimum absolute atomic E-state index is 0.324. The van der Waals surface area contributed by atoms with Crippen LogP contribution < -0.4 is 5.73 Å². The Morgan fingerprint density at radius 1 is 1.31 bits per heavy atom. The second-order valence-corrected chi connectivity index (χ2v) is 4.42. The van der Waals surface area contributed by atoms with E-state index in [4.69, 9.17) is 11.0 Å². The molecule has 0 atom stereocenters. The lowest BCUT2D eigenvalue weighted by Gasteiger charge is -2.07. The molecule has 0 bridgehead atoms. The van der Waals surface area contributed by atoms with Crippen molar-refractivity contribution in [2.45, 2.75) is 13.8 Å². The van der Waals surface area contributed by atoms with E-state index in [1.165, 1.54) is 11.5 Å². The van der Waals surface area contributed by atoms with Gasteiger partial charge in [-0.25, -0.2) is 0 Å². The number of hydrogen-bond acceptors (Lipinski definition) is 4. The fraction of sp³-hybridized carbons (Fsp3) is 0.167. The first-order valence-electron chi connectivity index (χ1n) is 4.87. The van der Waals surface area contributed by atoms with Crippen molar-refractivity contribution in [3.8, 4) is 16.5 Å². The van der Waals surface area contributed by atoms with E-state index in [-0.39, 0.29) is 0 Å². The first-order chi connectivity index (χ1) is 7.65. The molecule has 0 aliphatic rings. The van der Waals surface area contributed by atoms with E-state index in [1.807, 2.05) is 32.0 Å². The zero-order valence-electron chi connectivity index (χ0n) is 9.11. The molecule has 0 unspecified atom stereocenters. The van der Waals surface area contributed by atoms with Gasteiger partial charge >= 0.3 is 0 Å². The number of nitrogen functional groups attached to an aromatic ring is 1. The maximum atomic E-state index is 9.07. The molecule has 16 heavy (non-hydrogen) atoms. The monoisotopic (exact) mass is 229 g/mol. The number of hydrogen-bond donors (Lipinski definition) is 1. The largest absolute Gasteiger partial charge is 0.382 e. The molecule has 0 fully saturated rings. The van der Waals surface area contributed by atoms with Crippen LogP contribution in [0.4, 0.5) is 5.82 Å². The molecule has 0 amide bonds. The van der Waals surface area contributed by atoms with Gasteiger partial charge in [0.05, 0.1) is 4.88 Å². The number of nitriles is 1. The van der Waals surface area contributed by atoms with Crippen LogP contribution in [0.3, 0.4) is 0 Å². The summed E-state index contributed by atoms with van der Waals surface area (Å²) in [6, 6.07) is 8.18. The molecule has 1 aromatic carbocycles. The van der Waals surface area contributed by atoms with Gasteiger partial charge < -0.3 is 5.73 Å². The van der Waals surface area contributed by atoms with E-state index in [1.54, 1.807) is 0 Å². The van der Waals surface area contributed by atoms with Gasteiger partial charge in [-0.2, -0.15) is 9.64 Å². The van der Waals surface area contributed by atoms with Crippen molar-refractivity contribution in [3.05, 3.63) is 34.9 Å². The van der Waals surface area contributed by atoms with Crippen molar-refractivity contribution < 1.29 is 0 Å². The number of aromatic nitrogens is 1. The topological polar surface area (TPSA) is 62.7 Å². The van der Waals surface area contributed by atoms with Gasteiger partial charge in [-0.3, -0.25) is 0 Å². The van der Waals surface area contributed by atoms with Gasteiger partial charge in [0.15, 0.2) is 5.82 Å². The Kier molecular flexibility index (Phi) is 2.63. The SMILES string of the molecule is Cc1cccc(C)c1-c1snc(N)c1C#N. The average molecular weight is 229 g/mol. The molecule has 0 radical (unpaired) electrons. The summed E-state index contributed by atoms with van der Waals surface area (Å²) in [4.78, 5) is 0.871. The predicted octanol–water partition coefficient (Wildman–Crippen LogP) is 2.88. The maximum absolute atomic E-state index is 9.07. The van der Waals surface area contributed by atoms with Crippen LogP contribution in [0, 0.1) is 25.2 Å². The molecule has 0 saturated carbocycles. The summed E-state index contributed by atoms with van der Waals surface area (Å²) in [6.07, 6.45) is 0. The Morgan fingerprint density at radius 3 is 2.50 bits per heavy atom. The lowest BCUT2D eigenvalue weighted by Crippen LogP contribution is -1.90. The van der Waals surface area contributed by atoms with E-state index >= 15 is 0 Å². The van der Waals surface area contributed by atoms with E-state index < -0.39 is 0 Å². The van der Waals surface area contributed by atoms with E-state index in [0.29, 0.717) is 11.4 Å². The lowest BCUT2D eigenvalue weighted by molar-refractivity contribution is 1.38. The molecular formula is C12H11N3S. The molecule has 0 aliphatic carbocycles. The molecule has 1 heterocycles. The fourth-order valence-corrected chi connectivity index (χ4v) is 2.69. The van der Waals surface area contributed by atoms with Crippen molar-refractivity contribution in [1.82, 2.24) is 4.37 Å². The summed E-state index contributed by atoms with van der Waals surface area (Å²) in [5, 5.41) is 9.07. The van der Waals surface area contributed by atoms with Gasteiger partial charge in [0, 0.05) is 5.56 Å². The highest BCUT2D eigenvalue weighted by Gasteiger charge is 2.16. The van der Waals surface area contributed by atoms with Crippen LogP contribution in [0.2, 0.25) is 0 Å². The third kappa shape index (κ3) is 1.55.